The van der Waals surface area contributed by atoms with Gasteiger partial charge in [-0.1, -0.05) is 22.0 Å². The van der Waals surface area contributed by atoms with E-state index in [0.717, 1.165) is 15.7 Å². The van der Waals surface area contributed by atoms with E-state index < -0.39 is 0 Å². The van der Waals surface area contributed by atoms with Gasteiger partial charge in [-0.2, -0.15) is 5.26 Å². The topological polar surface area (TPSA) is 48.7 Å². The summed E-state index contributed by atoms with van der Waals surface area (Å²) >= 11 is 3.38. The number of hydrogen-bond donors (Lipinski definition) is 1. The molecule has 2 rings (SSSR count). The van der Waals surface area contributed by atoms with Gasteiger partial charge in [-0.15, -0.1) is 0 Å². The van der Waals surface area contributed by atoms with Gasteiger partial charge < -0.3 is 5.32 Å². The van der Waals surface area contributed by atoms with Crippen LogP contribution in [-0.2, 0) is 6.54 Å². The first-order valence-corrected chi connectivity index (χ1v) is 5.91. The Balaban J connectivity index is 2.10. The second-order valence-electron chi connectivity index (χ2n) is 3.56. The molecule has 0 saturated heterocycles. The highest BCUT2D eigenvalue weighted by molar-refractivity contribution is 9.10. The lowest BCUT2D eigenvalue weighted by Gasteiger charge is -2.07. The number of anilines is 1. The molecule has 1 heterocycles. The van der Waals surface area contributed by atoms with Crippen molar-refractivity contribution in [3.05, 3.63) is 58.3 Å². The van der Waals surface area contributed by atoms with Crippen LogP contribution >= 0.6 is 15.9 Å². The fourth-order valence-electron chi connectivity index (χ4n) is 1.46. The fraction of sp³-hybridized carbons (Fsp3) is 0.0769. The van der Waals surface area contributed by atoms with E-state index in [1.807, 2.05) is 30.5 Å². The Labute approximate surface area is 108 Å². The van der Waals surface area contributed by atoms with Crippen molar-refractivity contribution in [1.29, 1.82) is 5.26 Å². The standard InChI is InChI=1S/C13H10BrN3/c14-12-4-11(7-15)5-13(6-12)17-9-10-2-1-3-16-8-10/h1-6,8,17H,9H2. The van der Waals surface area contributed by atoms with Crippen molar-refractivity contribution in [1.82, 2.24) is 4.98 Å². The zero-order chi connectivity index (χ0) is 12.1. The minimum atomic E-state index is 0.632. The quantitative estimate of drug-likeness (QED) is 0.942. The Bertz CT molecular complexity index is 546. The third-order valence-electron chi connectivity index (χ3n) is 2.25. The first-order chi connectivity index (χ1) is 8.28. The number of pyridine rings is 1. The molecule has 1 N–H and O–H groups in total. The van der Waals surface area contributed by atoms with E-state index in [9.17, 15) is 0 Å². The van der Waals surface area contributed by atoms with Gasteiger partial charge in [0.05, 0.1) is 11.6 Å². The van der Waals surface area contributed by atoms with Crippen LogP contribution in [0.5, 0.6) is 0 Å². The van der Waals surface area contributed by atoms with Gasteiger partial charge >= 0.3 is 0 Å². The summed E-state index contributed by atoms with van der Waals surface area (Å²) in [7, 11) is 0. The van der Waals surface area contributed by atoms with Crippen molar-refractivity contribution in [3.63, 3.8) is 0 Å². The van der Waals surface area contributed by atoms with Gasteiger partial charge in [0.15, 0.2) is 0 Å². The molecule has 0 amide bonds. The fourth-order valence-corrected chi connectivity index (χ4v) is 1.96. The predicted molar refractivity (Wildman–Crippen MR) is 70.4 cm³/mol. The molecular weight excluding hydrogens is 278 g/mol. The van der Waals surface area contributed by atoms with E-state index in [0.29, 0.717) is 12.1 Å². The molecule has 84 valence electrons. The van der Waals surface area contributed by atoms with Crippen LogP contribution in [0.15, 0.2) is 47.2 Å². The van der Waals surface area contributed by atoms with E-state index in [4.69, 9.17) is 5.26 Å². The summed E-state index contributed by atoms with van der Waals surface area (Å²) in [5.74, 6) is 0. The number of halogens is 1. The van der Waals surface area contributed by atoms with E-state index in [2.05, 4.69) is 32.3 Å². The van der Waals surface area contributed by atoms with Gasteiger partial charge in [0.1, 0.15) is 0 Å². The number of nitriles is 1. The third-order valence-corrected chi connectivity index (χ3v) is 2.70. The summed E-state index contributed by atoms with van der Waals surface area (Å²) in [5.41, 5.74) is 2.65. The van der Waals surface area contributed by atoms with Crippen LogP contribution in [0.1, 0.15) is 11.1 Å². The SMILES string of the molecule is N#Cc1cc(Br)cc(NCc2cccnc2)c1. The molecule has 0 spiro atoms. The van der Waals surface area contributed by atoms with Gasteiger partial charge in [0, 0.05) is 29.1 Å². The summed E-state index contributed by atoms with van der Waals surface area (Å²) in [4.78, 5) is 4.05. The largest absolute Gasteiger partial charge is 0.381 e. The molecule has 0 aliphatic heterocycles. The minimum absolute atomic E-state index is 0.632. The lowest BCUT2D eigenvalue weighted by atomic mass is 10.2. The van der Waals surface area contributed by atoms with Crippen molar-refractivity contribution < 1.29 is 0 Å². The summed E-state index contributed by atoms with van der Waals surface area (Å²) in [6.07, 6.45) is 3.56. The van der Waals surface area contributed by atoms with Gasteiger partial charge in [0.25, 0.3) is 0 Å². The number of aromatic nitrogens is 1. The summed E-state index contributed by atoms with van der Waals surface area (Å²) in [6.45, 7) is 0.690. The van der Waals surface area contributed by atoms with E-state index in [1.54, 1.807) is 12.3 Å². The zero-order valence-electron chi connectivity index (χ0n) is 9.02. The smallest absolute Gasteiger partial charge is 0.0992 e. The third kappa shape index (κ3) is 3.30. The number of nitrogens with one attached hydrogen (secondary N) is 1. The second kappa shape index (κ2) is 5.46. The van der Waals surface area contributed by atoms with Crippen LogP contribution in [0.3, 0.4) is 0 Å². The van der Waals surface area contributed by atoms with Gasteiger partial charge in [0.2, 0.25) is 0 Å². The Kier molecular flexibility index (Phi) is 3.73. The molecule has 1 aromatic carbocycles. The van der Waals surface area contributed by atoms with Crippen LogP contribution in [0.25, 0.3) is 0 Å². The Morgan fingerprint density at radius 2 is 2.24 bits per heavy atom. The maximum atomic E-state index is 8.86. The maximum Gasteiger partial charge on any atom is 0.0992 e. The molecule has 0 aliphatic carbocycles. The lowest BCUT2D eigenvalue weighted by Crippen LogP contribution is -1.99. The molecule has 0 aliphatic rings. The summed E-state index contributed by atoms with van der Waals surface area (Å²) in [6, 6.07) is 11.6. The monoisotopic (exact) mass is 287 g/mol. The highest BCUT2D eigenvalue weighted by atomic mass is 79.9. The van der Waals surface area contributed by atoms with E-state index in [-0.39, 0.29) is 0 Å². The number of nitrogens with zero attached hydrogens (tertiary/aromatic N) is 2. The van der Waals surface area contributed by atoms with Crippen LogP contribution in [0, 0.1) is 11.3 Å². The molecule has 3 nitrogen and oxygen atoms in total. The van der Waals surface area contributed by atoms with Crippen molar-refractivity contribution in [2.45, 2.75) is 6.54 Å². The Hall–Kier alpha value is -1.86. The number of rotatable bonds is 3. The van der Waals surface area contributed by atoms with Crippen molar-refractivity contribution in [2.75, 3.05) is 5.32 Å². The molecule has 0 unspecified atom stereocenters. The lowest BCUT2D eigenvalue weighted by molar-refractivity contribution is 1.11. The molecular formula is C13H10BrN3. The molecule has 2 aromatic rings. The average molecular weight is 288 g/mol. The first-order valence-electron chi connectivity index (χ1n) is 5.11. The van der Waals surface area contributed by atoms with Gasteiger partial charge in [-0.25, -0.2) is 0 Å². The second-order valence-corrected chi connectivity index (χ2v) is 4.47. The summed E-state index contributed by atoms with van der Waals surface area (Å²) in [5, 5.41) is 12.1. The molecule has 0 radical (unpaired) electrons. The molecule has 1 aromatic heterocycles. The van der Waals surface area contributed by atoms with E-state index in [1.165, 1.54) is 0 Å². The molecule has 0 fully saturated rings. The maximum absolute atomic E-state index is 8.86. The number of hydrogen-bond acceptors (Lipinski definition) is 3. The van der Waals surface area contributed by atoms with Crippen molar-refractivity contribution >= 4 is 21.6 Å². The highest BCUT2D eigenvalue weighted by Gasteiger charge is 1.99. The van der Waals surface area contributed by atoms with Crippen molar-refractivity contribution in [2.24, 2.45) is 0 Å². The normalized spacial score (nSPS) is 9.65. The first kappa shape index (κ1) is 11.6. The van der Waals surface area contributed by atoms with Crippen molar-refractivity contribution in [3.8, 4) is 6.07 Å². The van der Waals surface area contributed by atoms with Crippen LogP contribution in [0.4, 0.5) is 5.69 Å². The molecule has 17 heavy (non-hydrogen) atoms. The molecule has 0 bridgehead atoms. The van der Waals surface area contributed by atoms with Crippen LogP contribution < -0.4 is 5.32 Å². The highest BCUT2D eigenvalue weighted by Crippen LogP contribution is 2.19. The molecule has 4 heteroatoms. The number of benzene rings is 1. The van der Waals surface area contributed by atoms with Gasteiger partial charge in [-0.3, -0.25) is 4.98 Å². The Morgan fingerprint density at radius 1 is 1.35 bits per heavy atom. The van der Waals surface area contributed by atoms with Crippen LogP contribution in [-0.4, -0.2) is 4.98 Å². The predicted octanol–water partition coefficient (Wildman–Crippen LogP) is 3.33. The van der Waals surface area contributed by atoms with Crippen LogP contribution in [0.2, 0.25) is 0 Å². The zero-order valence-corrected chi connectivity index (χ0v) is 10.6. The average Bonchev–Trinajstić information content (AvgIpc) is 2.37. The van der Waals surface area contributed by atoms with Gasteiger partial charge in [-0.05, 0) is 29.8 Å². The molecule has 0 atom stereocenters. The molecule has 0 saturated carbocycles. The Morgan fingerprint density at radius 3 is 2.94 bits per heavy atom. The minimum Gasteiger partial charge on any atom is -0.381 e. The summed E-state index contributed by atoms with van der Waals surface area (Å²) < 4.78 is 0.894. The van der Waals surface area contributed by atoms with E-state index >= 15 is 0 Å².